The Balaban J connectivity index is 1.49. The Morgan fingerprint density at radius 2 is 1.76 bits per heavy atom. The highest BCUT2D eigenvalue weighted by molar-refractivity contribution is 6.30. The summed E-state index contributed by atoms with van der Waals surface area (Å²) in [5.41, 5.74) is 0.868. The van der Waals surface area contributed by atoms with Gasteiger partial charge in [-0.3, -0.25) is 0 Å². The van der Waals surface area contributed by atoms with E-state index in [4.69, 9.17) is 30.5 Å². The molecule has 0 amide bonds. The summed E-state index contributed by atoms with van der Waals surface area (Å²) in [5.74, 6) is 0.420. The van der Waals surface area contributed by atoms with E-state index in [-0.39, 0.29) is 6.10 Å². The van der Waals surface area contributed by atoms with Gasteiger partial charge in [0.25, 0.3) is 0 Å². The van der Waals surface area contributed by atoms with Gasteiger partial charge in [0.05, 0.1) is 19.8 Å². The summed E-state index contributed by atoms with van der Waals surface area (Å²) in [5, 5.41) is 8.39. The van der Waals surface area contributed by atoms with Crippen molar-refractivity contribution < 1.29 is 18.9 Å². The quantitative estimate of drug-likeness (QED) is 0.559. The molecule has 0 N–H and O–H groups in total. The van der Waals surface area contributed by atoms with Crippen molar-refractivity contribution in [2.75, 3.05) is 19.8 Å². The molecule has 1 aromatic heterocycles. The topological polar surface area (TPSA) is 67.6 Å². The van der Waals surface area contributed by atoms with Crippen LogP contribution < -0.4 is 9.47 Å². The molecule has 152 valence electrons. The molecule has 2 unspecified atom stereocenters. The zero-order valence-corrected chi connectivity index (χ0v) is 16.8. The average Bonchev–Trinajstić information content (AvgIpc) is 3.39. The Morgan fingerprint density at radius 1 is 1.07 bits per heavy atom. The minimum absolute atomic E-state index is 0.253. The molecule has 0 radical (unpaired) electrons. The van der Waals surface area contributed by atoms with Gasteiger partial charge in [-0.15, -0.1) is 10.2 Å². The molecule has 7 nitrogen and oxygen atoms in total. The number of hydrogen-bond acceptors (Lipinski definition) is 6. The number of benzene rings is 2. The van der Waals surface area contributed by atoms with Crippen molar-refractivity contribution in [3.8, 4) is 11.5 Å². The van der Waals surface area contributed by atoms with Crippen LogP contribution in [0.5, 0.6) is 11.5 Å². The second kappa shape index (κ2) is 8.82. The molecule has 0 aliphatic carbocycles. The minimum atomic E-state index is -0.972. The van der Waals surface area contributed by atoms with E-state index in [1.165, 1.54) is 0 Å². The SMILES string of the molecule is CCOc1ccccc1OCC1COC(Cn2cnnc2)(c2ccc(Cl)cc2)O1. The van der Waals surface area contributed by atoms with Gasteiger partial charge in [-0.1, -0.05) is 35.9 Å². The highest BCUT2D eigenvalue weighted by Gasteiger charge is 2.44. The molecule has 8 heteroatoms. The number of nitrogens with zero attached hydrogens (tertiary/aromatic N) is 3. The predicted octanol–water partition coefficient (Wildman–Crippen LogP) is 3.68. The molecule has 1 aliphatic heterocycles. The van der Waals surface area contributed by atoms with Crippen LogP contribution in [0.4, 0.5) is 0 Å². The number of para-hydroxylation sites is 2. The van der Waals surface area contributed by atoms with Crippen molar-refractivity contribution in [3.05, 3.63) is 71.8 Å². The van der Waals surface area contributed by atoms with Crippen LogP contribution in [0.2, 0.25) is 5.02 Å². The van der Waals surface area contributed by atoms with E-state index in [9.17, 15) is 0 Å². The number of aromatic nitrogens is 3. The first-order valence-corrected chi connectivity index (χ1v) is 9.81. The molecule has 4 rings (SSSR count). The summed E-state index contributed by atoms with van der Waals surface area (Å²) in [4.78, 5) is 0. The molecule has 2 aromatic carbocycles. The largest absolute Gasteiger partial charge is 0.490 e. The smallest absolute Gasteiger partial charge is 0.214 e. The molecule has 29 heavy (non-hydrogen) atoms. The lowest BCUT2D eigenvalue weighted by atomic mass is 10.1. The molecule has 1 aliphatic rings. The summed E-state index contributed by atoms with van der Waals surface area (Å²) in [6, 6.07) is 15.0. The Labute approximate surface area is 174 Å². The second-order valence-corrected chi connectivity index (χ2v) is 7.07. The van der Waals surface area contributed by atoms with Gasteiger partial charge in [0.1, 0.15) is 25.4 Å². The van der Waals surface area contributed by atoms with Crippen LogP contribution in [0.25, 0.3) is 0 Å². The van der Waals surface area contributed by atoms with Crippen molar-refractivity contribution in [2.45, 2.75) is 25.4 Å². The third-order valence-corrected chi connectivity index (χ3v) is 4.83. The maximum atomic E-state index is 6.36. The van der Waals surface area contributed by atoms with Crippen LogP contribution in [0, 0.1) is 0 Å². The summed E-state index contributed by atoms with van der Waals surface area (Å²) in [6.07, 6.45) is 3.01. The fourth-order valence-corrected chi connectivity index (χ4v) is 3.37. The van der Waals surface area contributed by atoms with Crippen molar-refractivity contribution in [2.24, 2.45) is 0 Å². The fraction of sp³-hybridized carbons (Fsp3) is 0.333. The van der Waals surface area contributed by atoms with Crippen molar-refractivity contribution >= 4 is 11.6 Å². The molecule has 2 atom stereocenters. The lowest BCUT2D eigenvalue weighted by Gasteiger charge is -2.29. The lowest BCUT2D eigenvalue weighted by molar-refractivity contribution is -0.189. The van der Waals surface area contributed by atoms with Gasteiger partial charge in [-0.05, 0) is 31.2 Å². The zero-order chi connectivity index (χ0) is 20.1. The standard InChI is InChI=1S/C21H22ClN3O4/c1-2-26-19-5-3-4-6-20(19)27-11-18-12-28-21(29-18,13-25-14-23-24-15-25)16-7-9-17(22)10-8-16/h3-10,14-15,18H,2,11-13H2,1H3. The van der Waals surface area contributed by atoms with Gasteiger partial charge in [0.2, 0.25) is 5.79 Å². The van der Waals surface area contributed by atoms with Crippen LogP contribution in [-0.2, 0) is 21.8 Å². The first-order chi connectivity index (χ1) is 14.2. The monoisotopic (exact) mass is 415 g/mol. The number of ether oxygens (including phenoxy) is 4. The summed E-state index contributed by atoms with van der Waals surface area (Å²) in [6.45, 7) is 3.65. The Morgan fingerprint density at radius 3 is 2.45 bits per heavy atom. The molecule has 1 fully saturated rings. The molecule has 0 spiro atoms. The Kier molecular flexibility index (Phi) is 5.99. The van der Waals surface area contributed by atoms with Crippen LogP contribution in [-0.4, -0.2) is 40.7 Å². The maximum absolute atomic E-state index is 6.36. The van der Waals surface area contributed by atoms with E-state index in [0.717, 1.165) is 5.56 Å². The highest BCUT2D eigenvalue weighted by atomic mass is 35.5. The first-order valence-electron chi connectivity index (χ1n) is 9.43. The molecular weight excluding hydrogens is 394 g/mol. The van der Waals surface area contributed by atoms with E-state index < -0.39 is 5.79 Å². The third-order valence-electron chi connectivity index (χ3n) is 4.57. The highest BCUT2D eigenvalue weighted by Crippen LogP contribution is 2.37. The number of hydrogen-bond donors (Lipinski definition) is 0. The van der Waals surface area contributed by atoms with E-state index >= 15 is 0 Å². The summed E-state index contributed by atoms with van der Waals surface area (Å²) < 4.78 is 25.9. The normalized spacial score (nSPS) is 21.2. The first kappa shape index (κ1) is 19.7. The van der Waals surface area contributed by atoms with Crippen LogP contribution in [0.1, 0.15) is 12.5 Å². The molecule has 0 saturated carbocycles. The predicted molar refractivity (Wildman–Crippen MR) is 107 cm³/mol. The molecular formula is C21H22ClN3O4. The van der Waals surface area contributed by atoms with Gasteiger partial charge in [-0.2, -0.15) is 0 Å². The van der Waals surface area contributed by atoms with Gasteiger partial charge in [-0.25, -0.2) is 0 Å². The lowest BCUT2D eigenvalue weighted by Crippen LogP contribution is -2.34. The fourth-order valence-electron chi connectivity index (χ4n) is 3.25. The zero-order valence-electron chi connectivity index (χ0n) is 16.0. The maximum Gasteiger partial charge on any atom is 0.214 e. The van der Waals surface area contributed by atoms with Gasteiger partial charge >= 0.3 is 0 Å². The number of halogens is 1. The van der Waals surface area contributed by atoms with Crippen molar-refractivity contribution in [3.63, 3.8) is 0 Å². The van der Waals surface area contributed by atoms with Gasteiger partial charge < -0.3 is 23.5 Å². The third kappa shape index (κ3) is 4.53. The van der Waals surface area contributed by atoms with Crippen LogP contribution >= 0.6 is 11.6 Å². The second-order valence-electron chi connectivity index (χ2n) is 6.64. The van der Waals surface area contributed by atoms with Gasteiger partial charge in [0, 0.05) is 10.6 Å². The summed E-state index contributed by atoms with van der Waals surface area (Å²) in [7, 11) is 0. The van der Waals surface area contributed by atoms with E-state index in [2.05, 4.69) is 10.2 Å². The molecule has 1 saturated heterocycles. The van der Waals surface area contributed by atoms with Crippen LogP contribution in [0.3, 0.4) is 0 Å². The Bertz CT molecular complexity index is 920. The molecule has 2 heterocycles. The minimum Gasteiger partial charge on any atom is -0.490 e. The average molecular weight is 416 g/mol. The van der Waals surface area contributed by atoms with Crippen LogP contribution in [0.15, 0.2) is 61.2 Å². The van der Waals surface area contributed by atoms with E-state index in [0.29, 0.717) is 42.9 Å². The van der Waals surface area contributed by atoms with Crippen molar-refractivity contribution in [1.82, 2.24) is 14.8 Å². The van der Waals surface area contributed by atoms with E-state index in [1.807, 2.05) is 60.0 Å². The molecule has 0 bridgehead atoms. The van der Waals surface area contributed by atoms with E-state index in [1.54, 1.807) is 12.7 Å². The Hall–Kier alpha value is -2.61. The summed E-state index contributed by atoms with van der Waals surface area (Å²) >= 11 is 6.05. The molecule has 3 aromatic rings. The van der Waals surface area contributed by atoms with Gasteiger partial charge in [0.15, 0.2) is 11.5 Å². The van der Waals surface area contributed by atoms with Crippen molar-refractivity contribution in [1.29, 1.82) is 0 Å². The number of rotatable bonds is 8.